The van der Waals surface area contributed by atoms with E-state index in [1.807, 2.05) is 31.2 Å². The molecule has 0 bridgehead atoms. The van der Waals surface area contributed by atoms with Crippen LogP contribution in [0.3, 0.4) is 0 Å². The highest BCUT2D eigenvalue weighted by molar-refractivity contribution is 9.10. The van der Waals surface area contributed by atoms with E-state index in [4.69, 9.17) is 16.3 Å². The Hall–Kier alpha value is -2.55. The molecule has 1 N–H and O–H groups in total. The number of benzene rings is 2. The third-order valence-electron chi connectivity index (χ3n) is 3.44. The molecule has 4 nitrogen and oxygen atoms in total. The molecule has 0 atom stereocenters. The zero-order chi connectivity index (χ0) is 19.1. The molecule has 0 aliphatic heterocycles. The van der Waals surface area contributed by atoms with Crippen molar-refractivity contribution in [3.8, 4) is 11.8 Å². The highest BCUT2D eigenvalue weighted by Crippen LogP contribution is 2.35. The number of ether oxygens (including phenoxy) is 1. The normalized spacial score (nSPS) is 10.8. The fraction of sp³-hybridized carbons (Fsp3) is 0.100. The van der Waals surface area contributed by atoms with Crippen LogP contribution in [0.4, 0.5) is 5.69 Å². The molecule has 0 aromatic heterocycles. The first kappa shape index (κ1) is 19.8. The van der Waals surface area contributed by atoms with Gasteiger partial charge in [0.1, 0.15) is 18.2 Å². The Balaban J connectivity index is 2.28. The fourth-order valence-electron chi connectivity index (χ4n) is 2.16. The van der Waals surface area contributed by atoms with Gasteiger partial charge in [-0.25, -0.2) is 0 Å². The van der Waals surface area contributed by atoms with Crippen molar-refractivity contribution in [3.63, 3.8) is 0 Å². The van der Waals surface area contributed by atoms with Gasteiger partial charge in [-0.05, 0) is 58.3 Å². The minimum absolute atomic E-state index is 0.0315. The average Bonchev–Trinajstić information content (AvgIpc) is 2.61. The van der Waals surface area contributed by atoms with Crippen LogP contribution in [0.5, 0.6) is 5.75 Å². The van der Waals surface area contributed by atoms with Crippen molar-refractivity contribution in [3.05, 3.63) is 75.2 Å². The van der Waals surface area contributed by atoms with Gasteiger partial charge in [0.05, 0.1) is 9.50 Å². The minimum atomic E-state index is -0.485. The largest absolute Gasteiger partial charge is 0.487 e. The van der Waals surface area contributed by atoms with E-state index in [1.165, 1.54) is 6.08 Å². The van der Waals surface area contributed by atoms with E-state index in [0.717, 1.165) is 5.56 Å². The van der Waals surface area contributed by atoms with E-state index in [9.17, 15) is 10.1 Å². The van der Waals surface area contributed by atoms with Gasteiger partial charge in [-0.15, -0.1) is 0 Å². The van der Waals surface area contributed by atoms with E-state index >= 15 is 0 Å². The first-order valence-corrected chi connectivity index (χ1v) is 8.85. The van der Waals surface area contributed by atoms with E-state index in [1.54, 1.807) is 24.3 Å². The predicted molar refractivity (Wildman–Crippen MR) is 108 cm³/mol. The molecule has 26 heavy (non-hydrogen) atoms. The van der Waals surface area contributed by atoms with Gasteiger partial charge in [-0.3, -0.25) is 4.79 Å². The van der Waals surface area contributed by atoms with Gasteiger partial charge < -0.3 is 10.1 Å². The van der Waals surface area contributed by atoms with Gasteiger partial charge in [0, 0.05) is 5.69 Å². The van der Waals surface area contributed by atoms with Crippen molar-refractivity contribution in [2.24, 2.45) is 0 Å². The lowest BCUT2D eigenvalue weighted by Gasteiger charge is -2.10. The van der Waals surface area contributed by atoms with E-state index in [-0.39, 0.29) is 5.57 Å². The van der Waals surface area contributed by atoms with Crippen LogP contribution in [0, 0.1) is 18.3 Å². The van der Waals surface area contributed by atoms with Gasteiger partial charge in [0.15, 0.2) is 5.75 Å². The molecule has 6 heteroatoms. The zero-order valence-corrected chi connectivity index (χ0v) is 16.4. The quantitative estimate of drug-likeness (QED) is 0.372. The number of anilines is 1. The molecule has 0 saturated carbocycles. The fourth-order valence-corrected chi connectivity index (χ4v) is 3.15. The highest BCUT2D eigenvalue weighted by atomic mass is 79.9. The lowest BCUT2D eigenvalue weighted by Crippen LogP contribution is -2.14. The number of nitriles is 1. The summed E-state index contributed by atoms with van der Waals surface area (Å²) >= 11 is 9.61. The molecule has 0 saturated heterocycles. The Morgan fingerprint density at radius 2 is 2.15 bits per heavy atom. The first-order valence-electron chi connectivity index (χ1n) is 7.67. The van der Waals surface area contributed by atoms with Gasteiger partial charge in [0.25, 0.3) is 5.91 Å². The smallest absolute Gasteiger partial charge is 0.266 e. The monoisotopic (exact) mass is 430 g/mol. The molecule has 0 aliphatic carbocycles. The van der Waals surface area contributed by atoms with Gasteiger partial charge in [0.2, 0.25) is 0 Å². The lowest BCUT2D eigenvalue weighted by molar-refractivity contribution is -0.112. The number of hydrogen-bond acceptors (Lipinski definition) is 3. The molecule has 132 valence electrons. The maximum atomic E-state index is 12.4. The summed E-state index contributed by atoms with van der Waals surface area (Å²) in [5.74, 6) is -0.00684. The number of amides is 1. The number of carbonyl (C=O) groups excluding carboxylic acids is 1. The first-order chi connectivity index (χ1) is 12.5. The predicted octanol–water partition coefficient (Wildman–Crippen LogP) is 5.52. The summed E-state index contributed by atoms with van der Waals surface area (Å²) in [6, 6.07) is 12.6. The third-order valence-corrected chi connectivity index (χ3v) is 4.31. The molecule has 2 aromatic carbocycles. The van der Waals surface area contributed by atoms with Crippen LogP contribution in [-0.4, -0.2) is 12.5 Å². The maximum absolute atomic E-state index is 12.4. The van der Waals surface area contributed by atoms with Crippen LogP contribution in [0.15, 0.2) is 59.1 Å². The van der Waals surface area contributed by atoms with Crippen molar-refractivity contribution in [1.82, 2.24) is 0 Å². The summed E-state index contributed by atoms with van der Waals surface area (Å²) in [5.41, 5.74) is 2.14. The third kappa shape index (κ3) is 4.98. The number of hydrogen-bond donors (Lipinski definition) is 1. The summed E-state index contributed by atoms with van der Waals surface area (Å²) < 4.78 is 6.10. The Kier molecular flexibility index (Phi) is 7.02. The molecule has 0 heterocycles. The molecule has 0 spiro atoms. The second-order valence-corrected chi connectivity index (χ2v) is 6.61. The van der Waals surface area contributed by atoms with E-state index in [2.05, 4.69) is 27.8 Å². The number of aryl methyl sites for hydroxylation is 1. The Morgan fingerprint density at radius 3 is 2.77 bits per heavy atom. The number of rotatable bonds is 6. The molecule has 1 amide bonds. The Morgan fingerprint density at radius 1 is 1.42 bits per heavy atom. The summed E-state index contributed by atoms with van der Waals surface area (Å²) in [5, 5.41) is 12.5. The molecule has 0 fully saturated rings. The number of carbonyl (C=O) groups is 1. The van der Waals surface area contributed by atoms with Gasteiger partial charge in [-0.2, -0.15) is 5.26 Å². The van der Waals surface area contributed by atoms with Crippen LogP contribution < -0.4 is 10.1 Å². The SMILES string of the molecule is C=CCOc1c(Cl)cc(/C=C(/C#N)C(=O)Nc2ccccc2C)cc1Br. The second-order valence-electron chi connectivity index (χ2n) is 5.35. The molecular formula is C20H16BrClN2O2. The van der Waals surface area contributed by atoms with Crippen molar-refractivity contribution in [1.29, 1.82) is 5.26 Å². The van der Waals surface area contributed by atoms with E-state index in [0.29, 0.717) is 33.1 Å². The van der Waals surface area contributed by atoms with Crippen LogP contribution in [-0.2, 0) is 4.79 Å². The lowest BCUT2D eigenvalue weighted by atomic mass is 10.1. The summed E-state index contributed by atoms with van der Waals surface area (Å²) in [6.45, 7) is 5.78. The van der Waals surface area contributed by atoms with Crippen molar-refractivity contribution >= 4 is 45.2 Å². The molecule has 0 aliphatic rings. The van der Waals surface area contributed by atoms with Crippen molar-refractivity contribution in [2.75, 3.05) is 11.9 Å². The topological polar surface area (TPSA) is 62.1 Å². The standard InChI is InChI=1S/C20H16BrClN2O2/c1-3-8-26-19-16(21)10-14(11-17(19)22)9-15(12-23)20(25)24-18-7-5-4-6-13(18)2/h3-7,9-11H,1,8H2,2H3,(H,24,25)/b15-9-. The molecule has 2 aromatic rings. The van der Waals surface area contributed by atoms with Crippen molar-refractivity contribution in [2.45, 2.75) is 6.92 Å². The summed E-state index contributed by atoms with van der Waals surface area (Å²) in [4.78, 5) is 12.4. The van der Waals surface area contributed by atoms with Crippen LogP contribution in [0.25, 0.3) is 6.08 Å². The van der Waals surface area contributed by atoms with E-state index < -0.39 is 5.91 Å². The molecule has 0 radical (unpaired) electrons. The van der Waals surface area contributed by atoms with Gasteiger partial charge in [-0.1, -0.05) is 42.5 Å². The molecular weight excluding hydrogens is 416 g/mol. The number of para-hydroxylation sites is 1. The summed E-state index contributed by atoms with van der Waals surface area (Å²) in [6.07, 6.45) is 3.09. The Labute approximate surface area is 165 Å². The number of nitrogens with one attached hydrogen (secondary N) is 1. The summed E-state index contributed by atoms with van der Waals surface area (Å²) in [7, 11) is 0. The Bertz CT molecular complexity index is 893. The number of halogens is 2. The highest BCUT2D eigenvalue weighted by Gasteiger charge is 2.13. The number of nitrogens with zero attached hydrogens (tertiary/aromatic N) is 1. The molecule has 0 unspecified atom stereocenters. The maximum Gasteiger partial charge on any atom is 0.266 e. The van der Waals surface area contributed by atoms with Crippen LogP contribution >= 0.6 is 27.5 Å². The molecule has 2 rings (SSSR count). The van der Waals surface area contributed by atoms with Gasteiger partial charge >= 0.3 is 0 Å². The second kappa shape index (κ2) is 9.23. The van der Waals surface area contributed by atoms with Crippen LogP contribution in [0.2, 0.25) is 5.02 Å². The van der Waals surface area contributed by atoms with Crippen LogP contribution in [0.1, 0.15) is 11.1 Å². The zero-order valence-electron chi connectivity index (χ0n) is 14.1. The minimum Gasteiger partial charge on any atom is -0.487 e. The average molecular weight is 432 g/mol. The van der Waals surface area contributed by atoms with Crippen molar-refractivity contribution < 1.29 is 9.53 Å².